The lowest BCUT2D eigenvalue weighted by atomic mass is 10.1. The monoisotopic (exact) mass is 459 g/mol. The van der Waals surface area contributed by atoms with Crippen molar-refractivity contribution < 1.29 is 13.2 Å². The van der Waals surface area contributed by atoms with E-state index in [1.165, 1.54) is 4.57 Å². The molecule has 0 amide bonds. The number of rotatable bonds is 4. The maximum Gasteiger partial charge on any atom is 0.434 e. The second-order valence-electron chi connectivity index (χ2n) is 7.68. The minimum Gasteiger partial charge on any atom is -0.328 e. The summed E-state index contributed by atoms with van der Waals surface area (Å²) in [5.41, 5.74) is 2.04. The zero-order valence-electron chi connectivity index (χ0n) is 17.0. The molecule has 0 bridgehead atoms. The van der Waals surface area contributed by atoms with Crippen molar-refractivity contribution in [2.24, 2.45) is 0 Å². The van der Waals surface area contributed by atoms with E-state index in [2.05, 4.69) is 19.9 Å². The fourth-order valence-electron chi connectivity index (χ4n) is 3.72. The van der Waals surface area contributed by atoms with Crippen LogP contribution in [0.15, 0.2) is 49.1 Å². The Bertz CT molecular complexity index is 1430. The van der Waals surface area contributed by atoms with Gasteiger partial charge in [0.25, 0.3) is 0 Å². The van der Waals surface area contributed by atoms with Crippen LogP contribution in [0.25, 0.3) is 28.3 Å². The van der Waals surface area contributed by atoms with Crippen LogP contribution in [0.3, 0.4) is 0 Å². The molecule has 0 radical (unpaired) electrons. The van der Waals surface area contributed by atoms with Gasteiger partial charge in [0.05, 0.1) is 12.7 Å². The number of halogens is 4. The standard InChI is InChI=1S/C21H17ClF3N7/c1-12(2)31-11-16(21(23,24)25)28-17(31)14-5-3-13(4-6-14)10-32-18-15(9-27-19(22)29-18)30-8-7-26-20(30)32/h3-9,11-12H,10H2,1-2H3. The molecular formula is C21H17ClF3N7. The number of alkyl halides is 3. The van der Waals surface area contributed by atoms with Gasteiger partial charge >= 0.3 is 6.18 Å². The first-order valence-corrected chi connectivity index (χ1v) is 10.2. The van der Waals surface area contributed by atoms with E-state index in [1.807, 2.05) is 41.1 Å². The van der Waals surface area contributed by atoms with Gasteiger partial charge in [0.15, 0.2) is 11.3 Å². The third-order valence-electron chi connectivity index (χ3n) is 5.23. The molecular weight excluding hydrogens is 443 g/mol. The highest BCUT2D eigenvalue weighted by Gasteiger charge is 2.35. The van der Waals surface area contributed by atoms with Gasteiger partial charge in [-0.1, -0.05) is 24.3 Å². The van der Waals surface area contributed by atoms with E-state index in [-0.39, 0.29) is 17.1 Å². The molecule has 32 heavy (non-hydrogen) atoms. The van der Waals surface area contributed by atoms with Crippen molar-refractivity contribution in [2.45, 2.75) is 32.6 Å². The zero-order valence-corrected chi connectivity index (χ0v) is 17.8. The van der Waals surface area contributed by atoms with Gasteiger partial charge in [-0.25, -0.2) is 15.0 Å². The third-order valence-corrected chi connectivity index (χ3v) is 5.41. The maximum atomic E-state index is 13.2. The molecule has 11 heteroatoms. The van der Waals surface area contributed by atoms with Gasteiger partial charge in [-0.05, 0) is 31.0 Å². The van der Waals surface area contributed by atoms with E-state index in [4.69, 9.17) is 11.6 Å². The highest BCUT2D eigenvalue weighted by atomic mass is 35.5. The van der Waals surface area contributed by atoms with Crippen LogP contribution in [-0.4, -0.2) is 33.5 Å². The molecule has 7 nitrogen and oxygen atoms in total. The molecule has 0 spiro atoms. The van der Waals surface area contributed by atoms with E-state index < -0.39 is 11.9 Å². The molecule has 0 saturated carbocycles. The molecule has 0 aliphatic carbocycles. The largest absolute Gasteiger partial charge is 0.434 e. The molecule has 4 aromatic heterocycles. The summed E-state index contributed by atoms with van der Waals surface area (Å²) in [5.74, 6) is 0.964. The van der Waals surface area contributed by atoms with E-state index in [0.717, 1.165) is 17.3 Å². The van der Waals surface area contributed by atoms with Crippen LogP contribution < -0.4 is 0 Å². The van der Waals surface area contributed by atoms with Crippen molar-refractivity contribution in [3.05, 3.63) is 65.6 Å². The number of imidazole rings is 3. The lowest BCUT2D eigenvalue weighted by molar-refractivity contribution is -0.140. The van der Waals surface area contributed by atoms with E-state index >= 15 is 0 Å². The summed E-state index contributed by atoms with van der Waals surface area (Å²) >= 11 is 6.00. The molecule has 0 saturated heterocycles. The van der Waals surface area contributed by atoms with Gasteiger partial charge in [-0.15, -0.1) is 0 Å². The van der Waals surface area contributed by atoms with Gasteiger partial charge in [0.1, 0.15) is 11.3 Å². The molecule has 0 atom stereocenters. The molecule has 0 N–H and O–H groups in total. The molecule has 0 aliphatic rings. The third kappa shape index (κ3) is 3.40. The van der Waals surface area contributed by atoms with Gasteiger partial charge in [0, 0.05) is 30.2 Å². The highest BCUT2D eigenvalue weighted by molar-refractivity contribution is 6.28. The first-order valence-electron chi connectivity index (χ1n) is 9.81. The van der Waals surface area contributed by atoms with Crippen LogP contribution >= 0.6 is 11.6 Å². The maximum absolute atomic E-state index is 13.2. The first kappa shape index (κ1) is 20.5. The minimum atomic E-state index is -4.50. The summed E-state index contributed by atoms with van der Waals surface area (Å²) in [6.45, 7) is 4.09. The van der Waals surface area contributed by atoms with Crippen LogP contribution in [0.5, 0.6) is 0 Å². The molecule has 0 aliphatic heterocycles. The number of benzene rings is 1. The van der Waals surface area contributed by atoms with Crippen LogP contribution in [0.2, 0.25) is 5.28 Å². The summed E-state index contributed by atoms with van der Waals surface area (Å²) in [5, 5.41) is 0.135. The Kier molecular flexibility index (Phi) is 4.70. The van der Waals surface area contributed by atoms with Crippen molar-refractivity contribution in [2.75, 3.05) is 0 Å². The Morgan fingerprint density at radius 3 is 2.50 bits per heavy atom. The summed E-state index contributed by atoms with van der Waals surface area (Å²) < 4.78 is 44.9. The van der Waals surface area contributed by atoms with Gasteiger partial charge in [0.2, 0.25) is 11.1 Å². The van der Waals surface area contributed by atoms with E-state index in [0.29, 0.717) is 23.5 Å². The second-order valence-corrected chi connectivity index (χ2v) is 8.01. The lowest BCUT2D eigenvalue weighted by Crippen LogP contribution is -2.05. The number of aromatic nitrogens is 7. The smallest absolute Gasteiger partial charge is 0.328 e. The average Bonchev–Trinajstić information content (AvgIpc) is 3.44. The quantitative estimate of drug-likeness (QED) is 0.344. The Morgan fingerprint density at radius 1 is 1.06 bits per heavy atom. The SMILES string of the molecule is CC(C)n1cc(C(F)(F)F)nc1-c1ccc(Cn2c3nc(Cl)ncc3n3ccnc23)cc1. The van der Waals surface area contributed by atoms with Crippen LogP contribution in [0, 0.1) is 0 Å². The minimum absolute atomic E-state index is 0.135. The Labute approximate surface area is 185 Å². The molecule has 0 fully saturated rings. The Balaban J connectivity index is 1.52. The van der Waals surface area contributed by atoms with Gasteiger partial charge in [-0.2, -0.15) is 18.2 Å². The van der Waals surface area contributed by atoms with Crippen molar-refractivity contribution in [3.63, 3.8) is 0 Å². The van der Waals surface area contributed by atoms with Crippen molar-refractivity contribution >= 4 is 28.5 Å². The van der Waals surface area contributed by atoms with E-state index in [1.54, 1.807) is 24.5 Å². The molecule has 4 heterocycles. The predicted molar refractivity (Wildman–Crippen MR) is 113 cm³/mol. The van der Waals surface area contributed by atoms with Crippen LogP contribution in [-0.2, 0) is 12.7 Å². The van der Waals surface area contributed by atoms with Crippen molar-refractivity contribution in [1.82, 2.24) is 33.5 Å². The molecule has 1 aromatic carbocycles. The van der Waals surface area contributed by atoms with E-state index in [9.17, 15) is 13.2 Å². The average molecular weight is 460 g/mol. The Hall–Kier alpha value is -3.40. The summed E-state index contributed by atoms with van der Waals surface area (Å²) in [7, 11) is 0. The lowest BCUT2D eigenvalue weighted by Gasteiger charge is -2.12. The fraction of sp³-hybridized carbons (Fsp3) is 0.238. The number of fused-ring (bicyclic) bond motifs is 3. The molecule has 164 valence electrons. The zero-order chi connectivity index (χ0) is 22.6. The Morgan fingerprint density at radius 2 is 1.81 bits per heavy atom. The van der Waals surface area contributed by atoms with Crippen LogP contribution in [0.1, 0.15) is 31.1 Å². The molecule has 5 rings (SSSR count). The number of hydrogen-bond acceptors (Lipinski definition) is 4. The number of hydrogen-bond donors (Lipinski definition) is 0. The summed E-state index contributed by atoms with van der Waals surface area (Å²) in [6, 6.07) is 7.09. The molecule has 0 unspecified atom stereocenters. The highest BCUT2D eigenvalue weighted by Crippen LogP contribution is 2.32. The van der Waals surface area contributed by atoms with Crippen molar-refractivity contribution in [1.29, 1.82) is 0 Å². The first-order chi connectivity index (χ1) is 15.2. The van der Waals surface area contributed by atoms with Crippen LogP contribution in [0.4, 0.5) is 13.2 Å². The number of nitrogens with zero attached hydrogens (tertiary/aromatic N) is 7. The fourth-order valence-corrected chi connectivity index (χ4v) is 3.85. The topological polar surface area (TPSA) is 65.8 Å². The predicted octanol–water partition coefficient (Wildman–Crippen LogP) is 5.24. The summed E-state index contributed by atoms with van der Waals surface area (Å²) in [4.78, 5) is 16.6. The normalized spacial score (nSPS) is 12.5. The molecule has 5 aromatic rings. The van der Waals surface area contributed by atoms with Crippen molar-refractivity contribution in [3.8, 4) is 11.4 Å². The van der Waals surface area contributed by atoms with Gasteiger partial charge < -0.3 is 4.57 Å². The summed E-state index contributed by atoms with van der Waals surface area (Å²) in [6.07, 6.45) is 1.70. The second kappa shape index (κ2) is 7.33. The van der Waals surface area contributed by atoms with Gasteiger partial charge in [-0.3, -0.25) is 8.97 Å².